The molecule has 0 saturated carbocycles. The van der Waals surface area contributed by atoms with Gasteiger partial charge in [0.25, 0.3) is 5.91 Å². The van der Waals surface area contributed by atoms with Crippen LogP contribution in [0, 0.1) is 0 Å². The molecule has 0 aliphatic heterocycles. The Kier molecular flexibility index (Phi) is 5.90. The van der Waals surface area contributed by atoms with E-state index in [9.17, 15) is 4.79 Å². The summed E-state index contributed by atoms with van der Waals surface area (Å²) in [6.45, 7) is 2.92. The van der Waals surface area contributed by atoms with Crippen LogP contribution in [0.15, 0.2) is 39.4 Å². The van der Waals surface area contributed by atoms with E-state index in [1.807, 2.05) is 10.6 Å². The first-order chi connectivity index (χ1) is 10.0. The predicted octanol–water partition coefficient (Wildman–Crippen LogP) is 5.72. The van der Waals surface area contributed by atoms with E-state index in [0.717, 1.165) is 34.1 Å². The number of nitrogens with one attached hydrogen (secondary N) is 1. The van der Waals surface area contributed by atoms with Gasteiger partial charge in [-0.15, -0.1) is 0 Å². The van der Waals surface area contributed by atoms with E-state index in [0.29, 0.717) is 10.7 Å². The summed E-state index contributed by atoms with van der Waals surface area (Å²) in [6.07, 6.45) is 2.08. The maximum absolute atomic E-state index is 12.4. The highest BCUT2D eigenvalue weighted by Crippen LogP contribution is 2.28. The van der Waals surface area contributed by atoms with Gasteiger partial charge in [0, 0.05) is 17.3 Å². The number of hydrogen-bond donors (Lipinski definition) is 1. The molecule has 1 heterocycles. The molecule has 0 aliphatic carbocycles. The summed E-state index contributed by atoms with van der Waals surface area (Å²) in [5, 5.41) is 3.53. The van der Waals surface area contributed by atoms with Gasteiger partial charge in [-0.05, 0) is 68.6 Å². The molecule has 1 amide bonds. The molecule has 112 valence electrons. The smallest absolute Gasteiger partial charge is 0.272 e. The van der Waals surface area contributed by atoms with E-state index in [4.69, 9.17) is 11.6 Å². The Labute approximate surface area is 145 Å². The van der Waals surface area contributed by atoms with Crippen molar-refractivity contribution in [2.75, 3.05) is 5.32 Å². The lowest BCUT2D eigenvalue weighted by Gasteiger charge is -2.10. The molecule has 6 heteroatoms. The first-order valence-electron chi connectivity index (χ1n) is 6.64. The minimum Gasteiger partial charge on any atom is -0.330 e. The summed E-state index contributed by atoms with van der Waals surface area (Å²) in [4.78, 5) is 12.4. The summed E-state index contributed by atoms with van der Waals surface area (Å²) in [5.74, 6) is -0.139. The fraction of sp³-hybridized carbons (Fsp3) is 0.267. The van der Waals surface area contributed by atoms with Gasteiger partial charge in [-0.3, -0.25) is 4.79 Å². The fourth-order valence-electron chi connectivity index (χ4n) is 1.94. The number of carbonyl (C=O) groups excluding carboxylic acids is 1. The van der Waals surface area contributed by atoms with Gasteiger partial charge in [0.1, 0.15) is 5.69 Å². The van der Waals surface area contributed by atoms with E-state index in [-0.39, 0.29) is 5.91 Å². The number of hydrogen-bond acceptors (Lipinski definition) is 1. The first kappa shape index (κ1) is 16.6. The summed E-state index contributed by atoms with van der Waals surface area (Å²) in [7, 11) is 0. The molecule has 0 bridgehead atoms. The number of benzene rings is 1. The molecule has 2 rings (SSSR count). The van der Waals surface area contributed by atoms with Crippen LogP contribution in [0.5, 0.6) is 0 Å². The van der Waals surface area contributed by atoms with Crippen molar-refractivity contribution in [3.05, 3.63) is 50.1 Å². The molecule has 0 fully saturated rings. The van der Waals surface area contributed by atoms with Crippen LogP contribution in [-0.2, 0) is 6.54 Å². The SMILES string of the molecule is CCCCn1c(C(=O)Nc2ccc(Cl)cc2)cc(Br)c1Br. The number of unbranched alkanes of at least 4 members (excludes halogenated alkanes) is 1. The van der Waals surface area contributed by atoms with Gasteiger partial charge in [-0.25, -0.2) is 0 Å². The molecule has 21 heavy (non-hydrogen) atoms. The van der Waals surface area contributed by atoms with E-state index in [1.54, 1.807) is 24.3 Å². The Morgan fingerprint density at radius 2 is 1.95 bits per heavy atom. The average molecular weight is 435 g/mol. The van der Waals surface area contributed by atoms with Crippen LogP contribution < -0.4 is 5.32 Å². The molecule has 2 aromatic rings. The molecule has 1 aromatic carbocycles. The molecule has 0 saturated heterocycles. The van der Waals surface area contributed by atoms with Crippen molar-refractivity contribution in [1.29, 1.82) is 0 Å². The third-order valence-electron chi connectivity index (χ3n) is 3.06. The quantitative estimate of drug-likeness (QED) is 0.642. The molecule has 1 N–H and O–H groups in total. The Balaban J connectivity index is 2.22. The van der Waals surface area contributed by atoms with Gasteiger partial charge >= 0.3 is 0 Å². The van der Waals surface area contributed by atoms with Crippen molar-refractivity contribution in [3.8, 4) is 0 Å². The van der Waals surface area contributed by atoms with E-state index >= 15 is 0 Å². The van der Waals surface area contributed by atoms with Crippen molar-refractivity contribution >= 4 is 55.1 Å². The highest BCUT2D eigenvalue weighted by atomic mass is 79.9. The molecule has 0 radical (unpaired) electrons. The van der Waals surface area contributed by atoms with Crippen LogP contribution in [0.4, 0.5) is 5.69 Å². The minimum atomic E-state index is -0.139. The van der Waals surface area contributed by atoms with E-state index in [2.05, 4.69) is 44.1 Å². The third kappa shape index (κ3) is 4.11. The summed E-state index contributed by atoms with van der Waals surface area (Å²) in [6, 6.07) is 8.89. The van der Waals surface area contributed by atoms with Gasteiger partial charge in [-0.1, -0.05) is 24.9 Å². The van der Waals surface area contributed by atoms with Gasteiger partial charge in [0.15, 0.2) is 0 Å². The predicted molar refractivity (Wildman–Crippen MR) is 94.1 cm³/mol. The zero-order chi connectivity index (χ0) is 15.4. The lowest BCUT2D eigenvalue weighted by atomic mass is 10.3. The van der Waals surface area contributed by atoms with Crippen LogP contribution in [0.25, 0.3) is 0 Å². The lowest BCUT2D eigenvalue weighted by Crippen LogP contribution is -2.17. The van der Waals surface area contributed by atoms with Gasteiger partial charge in [-0.2, -0.15) is 0 Å². The molecular formula is C15H15Br2ClN2O. The van der Waals surface area contributed by atoms with Crippen molar-refractivity contribution in [3.63, 3.8) is 0 Å². The second-order valence-electron chi connectivity index (χ2n) is 4.63. The Morgan fingerprint density at radius 3 is 2.57 bits per heavy atom. The first-order valence-corrected chi connectivity index (χ1v) is 8.60. The Bertz CT molecular complexity index is 638. The highest BCUT2D eigenvalue weighted by Gasteiger charge is 2.17. The Hall–Kier alpha value is -0.780. The molecule has 0 spiro atoms. The lowest BCUT2D eigenvalue weighted by molar-refractivity contribution is 0.101. The topological polar surface area (TPSA) is 34.0 Å². The number of amides is 1. The number of aromatic nitrogens is 1. The van der Waals surface area contributed by atoms with E-state index < -0.39 is 0 Å². The monoisotopic (exact) mass is 432 g/mol. The van der Waals surface area contributed by atoms with Crippen molar-refractivity contribution in [2.24, 2.45) is 0 Å². The van der Waals surface area contributed by atoms with Crippen molar-refractivity contribution < 1.29 is 4.79 Å². The van der Waals surface area contributed by atoms with Crippen LogP contribution in [0.2, 0.25) is 5.02 Å². The number of rotatable bonds is 5. The Morgan fingerprint density at radius 1 is 1.29 bits per heavy atom. The van der Waals surface area contributed by atoms with E-state index in [1.165, 1.54) is 0 Å². The van der Waals surface area contributed by atoms with Crippen LogP contribution in [-0.4, -0.2) is 10.5 Å². The van der Waals surface area contributed by atoms with Gasteiger partial charge in [0.05, 0.1) is 9.08 Å². The fourth-order valence-corrected chi connectivity index (χ4v) is 2.98. The number of carbonyl (C=O) groups is 1. The van der Waals surface area contributed by atoms with Crippen molar-refractivity contribution in [2.45, 2.75) is 26.3 Å². The average Bonchev–Trinajstić information content (AvgIpc) is 2.75. The molecule has 3 nitrogen and oxygen atoms in total. The standard InChI is InChI=1S/C15H15Br2ClN2O/c1-2-3-8-20-13(9-12(16)14(20)17)15(21)19-11-6-4-10(18)5-7-11/h4-7,9H,2-3,8H2,1H3,(H,19,21). The van der Waals surface area contributed by atoms with Crippen LogP contribution in [0.3, 0.4) is 0 Å². The van der Waals surface area contributed by atoms with Crippen LogP contribution in [0.1, 0.15) is 30.3 Å². The second kappa shape index (κ2) is 7.47. The summed E-state index contributed by atoms with van der Waals surface area (Å²) < 4.78 is 3.73. The highest BCUT2D eigenvalue weighted by molar-refractivity contribution is 9.13. The molecular weight excluding hydrogens is 419 g/mol. The van der Waals surface area contributed by atoms with Gasteiger partial charge in [0.2, 0.25) is 0 Å². The number of halogens is 3. The van der Waals surface area contributed by atoms with Crippen LogP contribution >= 0.6 is 43.5 Å². The minimum absolute atomic E-state index is 0.139. The largest absolute Gasteiger partial charge is 0.330 e. The molecule has 0 atom stereocenters. The zero-order valence-electron chi connectivity index (χ0n) is 11.5. The summed E-state index contributed by atoms with van der Waals surface area (Å²) in [5.41, 5.74) is 1.34. The number of anilines is 1. The molecule has 0 unspecified atom stereocenters. The van der Waals surface area contributed by atoms with Gasteiger partial charge < -0.3 is 9.88 Å². The number of nitrogens with zero attached hydrogens (tertiary/aromatic N) is 1. The zero-order valence-corrected chi connectivity index (χ0v) is 15.4. The molecule has 1 aromatic heterocycles. The normalized spacial score (nSPS) is 10.7. The summed E-state index contributed by atoms with van der Waals surface area (Å²) >= 11 is 12.8. The maximum Gasteiger partial charge on any atom is 0.272 e. The maximum atomic E-state index is 12.4. The third-order valence-corrected chi connectivity index (χ3v) is 5.30. The van der Waals surface area contributed by atoms with Crippen molar-refractivity contribution in [1.82, 2.24) is 4.57 Å². The molecule has 0 aliphatic rings. The second-order valence-corrected chi connectivity index (χ2v) is 6.68.